The molecule has 416 valence electrons. The summed E-state index contributed by atoms with van der Waals surface area (Å²) in [6.45, 7) is 6.18. The van der Waals surface area contributed by atoms with Crippen LogP contribution in [-0.2, 0) is 28.6 Å². The quantitative estimate of drug-likeness (QED) is 0.0261. The van der Waals surface area contributed by atoms with E-state index < -0.39 is 12.1 Å². The summed E-state index contributed by atoms with van der Waals surface area (Å²) >= 11 is 0. The molecule has 0 aromatic rings. The number of carbonyl (C=O) groups excluding carboxylic acids is 3. The van der Waals surface area contributed by atoms with Crippen molar-refractivity contribution in [2.45, 2.75) is 219 Å². The first kappa shape index (κ1) is 69.5. The van der Waals surface area contributed by atoms with Gasteiger partial charge in [-0.25, -0.2) is 0 Å². The van der Waals surface area contributed by atoms with Crippen LogP contribution in [0.5, 0.6) is 0 Å². The average molecular weight is 1030 g/mol. The number of hydrogen-bond acceptors (Lipinski definition) is 6. The Hall–Kier alpha value is -5.49. The Balaban J connectivity index is 4.60. The number of esters is 3. The first-order valence-electron chi connectivity index (χ1n) is 29.3. The maximum atomic E-state index is 12.8. The molecule has 0 spiro atoms. The van der Waals surface area contributed by atoms with Gasteiger partial charge in [0.05, 0.1) is 0 Å². The van der Waals surface area contributed by atoms with E-state index in [0.29, 0.717) is 19.3 Å². The standard InChI is InChI=1S/C69H104O6/c1-4-7-10-13-16-19-22-25-28-30-32-33-34-35-37-38-41-44-47-50-53-56-59-62-68(71)74-65-66(64-73-67(70)61-58-55-52-49-46-43-40-27-24-21-18-15-12-9-6-3)75-69(72)63-60-57-54-51-48-45-42-39-36-31-29-26-23-20-17-14-11-8-5-2/h7-12,16-21,25-29,32-33,35-37,39-41,44-45,48,54,57,66H,4-6,13-15,22-24,30-31,34,38,42-43,46-47,49-53,55-56,58-65H2,1-3H3/b10-7-,11-8-,12-9-,19-16-,20-17-,21-18-,28-25-,29-26-,33-32-,37-35-,39-36-,40-27-,44-41-,48-45-,57-54-. The topological polar surface area (TPSA) is 78.9 Å². The van der Waals surface area contributed by atoms with Gasteiger partial charge in [-0.15, -0.1) is 0 Å². The van der Waals surface area contributed by atoms with Crippen LogP contribution in [0.4, 0.5) is 0 Å². The molecule has 1 unspecified atom stereocenters. The van der Waals surface area contributed by atoms with Crippen molar-refractivity contribution in [2.75, 3.05) is 13.2 Å². The highest BCUT2D eigenvalue weighted by Gasteiger charge is 2.19. The van der Waals surface area contributed by atoms with Crippen molar-refractivity contribution in [1.29, 1.82) is 0 Å². The molecule has 6 heteroatoms. The van der Waals surface area contributed by atoms with Gasteiger partial charge in [-0.3, -0.25) is 14.4 Å². The highest BCUT2D eigenvalue weighted by Crippen LogP contribution is 2.12. The molecule has 0 saturated heterocycles. The summed E-state index contributed by atoms with van der Waals surface area (Å²) in [4.78, 5) is 38.2. The number of unbranched alkanes of at least 4 members (excludes halogenated alkanes) is 9. The third-order valence-corrected chi connectivity index (χ3v) is 11.4. The lowest BCUT2D eigenvalue weighted by Gasteiger charge is -2.18. The average Bonchev–Trinajstić information content (AvgIpc) is 3.41. The van der Waals surface area contributed by atoms with Gasteiger partial charge in [-0.1, -0.05) is 235 Å². The maximum absolute atomic E-state index is 12.8. The van der Waals surface area contributed by atoms with Crippen LogP contribution in [0.3, 0.4) is 0 Å². The molecule has 0 fully saturated rings. The molecule has 0 saturated carbocycles. The lowest BCUT2D eigenvalue weighted by molar-refractivity contribution is -0.166. The van der Waals surface area contributed by atoms with Gasteiger partial charge in [-0.05, 0) is 141 Å². The summed E-state index contributed by atoms with van der Waals surface area (Å²) in [5.41, 5.74) is 0. The van der Waals surface area contributed by atoms with Crippen LogP contribution in [-0.4, -0.2) is 37.2 Å². The van der Waals surface area contributed by atoms with E-state index in [1.54, 1.807) is 0 Å². The molecule has 0 aliphatic rings. The van der Waals surface area contributed by atoms with E-state index >= 15 is 0 Å². The van der Waals surface area contributed by atoms with E-state index in [1.807, 2.05) is 12.2 Å². The van der Waals surface area contributed by atoms with Gasteiger partial charge in [-0.2, -0.15) is 0 Å². The third-order valence-electron chi connectivity index (χ3n) is 11.4. The fourth-order valence-electron chi connectivity index (χ4n) is 7.13. The largest absolute Gasteiger partial charge is 0.462 e. The highest BCUT2D eigenvalue weighted by molar-refractivity contribution is 5.71. The minimum Gasteiger partial charge on any atom is -0.462 e. The molecule has 1 atom stereocenters. The number of hydrogen-bond donors (Lipinski definition) is 0. The lowest BCUT2D eigenvalue weighted by atomic mass is 10.1. The smallest absolute Gasteiger partial charge is 0.306 e. The van der Waals surface area contributed by atoms with E-state index in [0.717, 1.165) is 167 Å². The first-order chi connectivity index (χ1) is 37.0. The molecule has 75 heavy (non-hydrogen) atoms. The second-order valence-corrected chi connectivity index (χ2v) is 18.4. The number of ether oxygens (including phenoxy) is 3. The normalized spacial score (nSPS) is 13.5. The van der Waals surface area contributed by atoms with Crippen molar-refractivity contribution < 1.29 is 28.6 Å². The molecule has 0 N–H and O–H groups in total. The van der Waals surface area contributed by atoms with Crippen LogP contribution < -0.4 is 0 Å². The molecule has 0 aromatic carbocycles. The van der Waals surface area contributed by atoms with Crippen molar-refractivity contribution in [1.82, 2.24) is 0 Å². The zero-order valence-corrected chi connectivity index (χ0v) is 47.5. The van der Waals surface area contributed by atoms with Crippen LogP contribution in [0.25, 0.3) is 0 Å². The highest BCUT2D eigenvalue weighted by atomic mass is 16.6. The minimum absolute atomic E-state index is 0.136. The summed E-state index contributed by atoms with van der Waals surface area (Å²) in [6.07, 6.45) is 91.8. The van der Waals surface area contributed by atoms with E-state index in [4.69, 9.17) is 14.2 Å². The lowest BCUT2D eigenvalue weighted by Crippen LogP contribution is -2.30. The van der Waals surface area contributed by atoms with E-state index in [-0.39, 0.29) is 31.6 Å². The van der Waals surface area contributed by atoms with Gasteiger partial charge in [0, 0.05) is 19.3 Å². The Kier molecular flexibility index (Phi) is 56.6. The number of rotatable bonds is 50. The van der Waals surface area contributed by atoms with Gasteiger partial charge in [0.1, 0.15) is 13.2 Å². The molecule has 0 bridgehead atoms. The molecule has 0 heterocycles. The zero-order valence-electron chi connectivity index (χ0n) is 47.5. The Morgan fingerprint density at radius 2 is 0.507 bits per heavy atom. The molecule has 0 aliphatic heterocycles. The van der Waals surface area contributed by atoms with Gasteiger partial charge < -0.3 is 14.2 Å². The Labute approximate surface area is 459 Å². The summed E-state index contributed by atoms with van der Waals surface area (Å²) in [6, 6.07) is 0. The van der Waals surface area contributed by atoms with Gasteiger partial charge >= 0.3 is 17.9 Å². The number of carbonyl (C=O) groups is 3. The molecular formula is C69H104O6. The van der Waals surface area contributed by atoms with Gasteiger partial charge in [0.15, 0.2) is 6.10 Å². The van der Waals surface area contributed by atoms with E-state index in [9.17, 15) is 14.4 Å². The number of allylic oxidation sites excluding steroid dienone is 30. The maximum Gasteiger partial charge on any atom is 0.306 e. The first-order valence-corrected chi connectivity index (χ1v) is 29.3. The second kappa shape index (κ2) is 61.1. The predicted octanol–water partition coefficient (Wildman–Crippen LogP) is 20.1. The molecule has 0 aromatic heterocycles. The molecule has 0 amide bonds. The Bertz CT molecular complexity index is 1800. The Morgan fingerprint density at radius 3 is 0.800 bits per heavy atom. The third kappa shape index (κ3) is 59.3. The van der Waals surface area contributed by atoms with Crippen LogP contribution in [0, 0.1) is 0 Å². The Morgan fingerprint density at radius 1 is 0.267 bits per heavy atom. The van der Waals surface area contributed by atoms with E-state index in [1.165, 1.54) is 0 Å². The second-order valence-electron chi connectivity index (χ2n) is 18.4. The molecule has 0 radical (unpaired) electrons. The van der Waals surface area contributed by atoms with Crippen molar-refractivity contribution >= 4 is 17.9 Å². The van der Waals surface area contributed by atoms with Crippen molar-refractivity contribution in [2.24, 2.45) is 0 Å². The fraction of sp³-hybridized carbons (Fsp3) is 0.522. The molecular weight excluding hydrogens is 925 g/mol. The molecule has 0 aliphatic carbocycles. The van der Waals surface area contributed by atoms with E-state index in [2.05, 4.69) is 191 Å². The van der Waals surface area contributed by atoms with Gasteiger partial charge in [0.25, 0.3) is 0 Å². The summed E-state index contributed by atoms with van der Waals surface area (Å²) in [7, 11) is 0. The van der Waals surface area contributed by atoms with Crippen molar-refractivity contribution in [3.8, 4) is 0 Å². The minimum atomic E-state index is -0.849. The summed E-state index contributed by atoms with van der Waals surface area (Å²) < 4.78 is 16.8. The van der Waals surface area contributed by atoms with Crippen LogP contribution in [0.15, 0.2) is 182 Å². The fourth-order valence-corrected chi connectivity index (χ4v) is 7.13. The molecule has 6 nitrogen and oxygen atoms in total. The summed E-state index contributed by atoms with van der Waals surface area (Å²) in [5.74, 6) is -1.07. The molecule has 0 rings (SSSR count). The van der Waals surface area contributed by atoms with Crippen molar-refractivity contribution in [3.05, 3.63) is 182 Å². The van der Waals surface area contributed by atoms with Crippen LogP contribution in [0.2, 0.25) is 0 Å². The predicted molar refractivity (Wildman–Crippen MR) is 324 cm³/mol. The zero-order chi connectivity index (χ0) is 54.3. The van der Waals surface area contributed by atoms with Crippen LogP contribution >= 0.6 is 0 Å². The SMILES string of the molecule is CC/C=C\C/C=C\C/C=C\C/C=C\C/C=C\C/C=C\CCCCCCC(=O)OCC(COC(=O)CCCCCCC/C=C\C/C=C\C/C=C\CC)OC(=O)CC/C=C\C/C=C\C/C=C\C/C=C\C/C=C\C/C=C\CC. The van der Waals surface area contributed by atoms with Crippen molar-refractivity contribution in [3.63, 3.8) is 0 Å². The monoisotopic (exact) mass is 1030 g/mol. The van der Waals surface area contributed by atoms with Crippen LogP contribution in [0.1, 0.15) is 213 Å². The van der Waals surface area contributed by atoms with Gasteiger partial charge in [0.2, 0.25) is 0 Å². The summed E-state index contributed by atoms with van der Waals surface area (Å²) in [5, 5.41) is 0.